The maximum absolute atomic E-state index is 12.6. The Morgan fingerprint density at radius 2 is 1.34 bits per heavy atom. The Balaban J connectivity index is 2.62. The summed E-state index contributed by atoms with van der Waals surface area (Å²) in [5, 5.41) is 0. The first kappa shape index (κ1) is 33.5. The smallest absolute Gasteiger partial charge is 0.371 e. The normalized spacial score (nSPS) is 10.7. The minimum absolute atomic E-state index is 0.00703. The van der Waals surface area contributed by atoms with Gasteiger partial charge in [0.25, 0.3) is 0 Å². The molecule has 0 atom stereocenters. The standard InChI is InChI=1S/C30H25FO10/c1-18(7-15-26(33)23-10-12-24(13-11-23)40-29(36)20(3)17-38-6)25(32)14-8-19(2)28(35)41-27(34)16-9-21(4)39-30(37)22(5)31/h7-16H,1-5,17H2,6H3/b14-8-,15-7-,16-9-. The molecule has 0 amide bonds. The van der Waals surface area contributed by atoms with Gasteiger partial charge < -0.3 is 18.9 Å². The van der Waals surface area contributed by atoms with E-state index in [0.29, 0.717) is 6.08 Å². The molecule has 0 fully saturated rings. The summed E-state index contributed by atoms with van der Waals surface area (Å²) in [6, 6.07) is 5.63. The maximum atomic E-state index is 12.6. The van der Waals surface area contributed by atoms with E-state index in [2.05, 4.69) is 42.4 Å². The number of carbonyl (C=O) groups is 6. The van der Waals surface area contributed by atoms with Gasteiger partial charge in [-0.05, 0) is 54.6 Å². The van der Waals surface area contributed by atoms with Crippen LogP contribution >= 0.6 is 0 Å². The number of ether oxygens (including phenoxy) is 4. The van der Waals surface area contributed by atoms with Gasteiger partial charge in [0.1, 0.15) is 11.5 Å². The molecule has 0 N–H and O–H groups in total. The van der Waals surface area contributed by atoms with Crippen LogP contribution in [0.1, 0.15) is 10.4 Å². The zero-order valence-corrected chi connectivity index (χ0v) is 22.0. The third-order valence-electron chi connectivity index (χ3n) is 4.45. The summed E-state index contributed by atoms with van der Waals surface area (Å²) < 4.78 is 31.3. The van der Waals surface area contributed by atoms with Crippen LogP contribution in [0.25, 0.3) is 0 Å². The van der Waals surface area contributed by atoms with Crippen molar-refractivity contribution >= 4 is 35.4 Å². The average molecular weight is 565 g/mol. The van der Waals surface area contributed by atoms with Gasteiger partial charge in [0.05, 0.1) is 17.8 Å². The highest BCUT2D eigenvalue weighted by Gasteiger charge is 2.13. The van der Waals surface area contributed by atoms with Crippen molar-refractivity contribution in [3.05, 3.63) is 127 Å². The zero-order valence-electron chi connectivity index (χ0n) is 22.0. The average Bonchev–Trinajstić information content (AvgIpc) is 2.93. The minimum Gasteiger partial charge on any atom is -0.423 e. The monoisotopic (exact) mass is 564 g/mol. The molecule has 0 aliphatic rings. The number of methoxy groups -OCH3 is 1. The lowest BCUT2D eigenvalue weighted by Crippen LogP contribution is -2.13. The van der Waals surface area contributed by atoms with Crippen LogP contribution in [-0.2, 0) is 38.2 Å². The minimum atomic E-state index is -1.41. The van der Waals surface area contributed by atoms with Crippen LogP contribution in [0, 0.1) is 0 Å². The summed E-state index contributed by atoms with van der Waals surface area (Å²) in [4.78, 5) is 71.1. The number of benzene rings is 1. The maximum Gasteiger partial charge on any atom is 0.371 e. The number of carbonyl (C=O) groups excluding carboxylic acids is 6. The van der Waals surface area contributed by atoms with Crippen molar-refractivity contribution < 1.29 is 52.1 Å². The van der Waals surface area contributed by atoms with E-state index in [1.807, 2.05) is 0 Å². The van der Waals surface area contributed by atoms with Crippen LogP contribution in [0.4, 0.5) is 4.39 Å². The first-order valence-corrected chi connectivity index (χ1v) is 11.3. The number of esters is 4. The van der Waals surface area contributed by atoms with E-state index >= 15 is 0 Å². The fraction of sp³-hybridized carbons (Fsp3) is 0.0667. The molecule has 0 saturated carbocycles. The highest BCUT2D eigenvalue weighted by molar-refractivity contribution is 6.10. The lowest BCUT2D eigenvalue weighted by molar-refractivity contribution is -0.153. The van der Waals surface area contributed by atoms with Crippen LogP contribution in [0.5, 0.6) is 5.75 Å². The van der Waals surface area contributed by atoms with Gasteiger partial charge in [-0.3, -0.25) is 9.59 Å². The second-order valence-corrected chi connectivity index (χ2v) is 7.70. The quantitative estimate of drug-likeness (QED) is 0.0585. The first-order chi connectivity index (χ1) is 19.2. The molecule has 1 rings (SSSR count). The molecule has 11 heteroatoms. The number of hydrogen-bond acceptors (Lipinski definition) is 10. The van der Waals surface area contributed by atoms with Crippen molar-refractivity contribution in [1.82, 2.24) is 0 Å². The Morgan fingerprint density at radius 1 is 0.732 bits per heavy atom. The van der Waals surface area contributed by atoms with Crippen LogP contribution < -0.4 is 4.74 Å². The summed E-state index contributed by atoms with van der Waals surface area (Å²) in [5.41, 5.74) is -0.137. The third-order valence-corrected chi connectivity index (χ3v) is 4.45. The molecule has 1 aromatic carbocycles. The Labute approximate surface area is 234 Å². The van der Waals surface area contributed by atoms with Crippen LogP contribution in [0.2, 0.25) is 0 Å². The molecule has 0 heterocycles. The number of hydrogen-bond donors (Lipinski definition) is 0. The highest BCUT2D eigenvalue weighted by Crippen LogP contribution is 2.15. The number of halogens is 1. The molecule has 0 bridgehead atoms. The molecule has 0 aliphatic heterocycles. The topological polar surface area (TPSA) is 139 Å². The molecule has 10 nitrogen and oxygen atoms in total. The molecular weight excluding hydrogens is 539 g/mol. The number of allylic oxidation sites excluding steroid dienone is 5. The Bertz CT molecular complexity index is 1400. The number of rotatable bonds is 15. The molecule has 0 aromatic heterocycles. The van der Waals surface area contributed by atoms with Crippen LogP contribution in [0.3, 0.4) is 0 Å². The van der Waals surface area contributed by atoms with E-state index in [1.54, 1.807) is 0 Å². The third kappa shape index (κ3) is 12.2. The number of ketones is 2. The van der Waals surface area contributed by atoms with Gasteiger partial charge >= 0.3 is 23.9 Å². The zero-order chi connectivity index (χ0) is 31.1. The van der Waals surface area contributed by atoms with Gasteiger partial charge in [0.2, 0.25) is 5.83 Å². The molecule has 0 aliphatic carbocycles. The Morgan fingerprint density at radius 3 is 1.93 bits per heavy atom. The van der Waals surface area contributed by atoms with Crippen molar-refractivity contribution in [3.8, 4) is 5.75 Å². The van der Waals surface area contributed by atoms with Crippen LogP contribution in [-0.4, -0.2) is 49.2 Å². The largest absolute Gasteiger partial charge is 0.423 e. The molecular formula is C30H25FO10. The van der Waals surface area contributed by atoms with E-state index in [9.17, 15) is 33.2 Å². The summed E-state index contributed by atoms with van der Waals surface area (Å²) in [5.74, 6) is -7.25. The fourth-order valence-corrected chi connectivity index (χ4v) is 2.37. The van der Waals surface area contributed by atoms with E-state index in [0.717, 1.165) is 30.4 Å². The van der Waals surface area contributed by atoms with Crippen molar-refractivity contribution in [1.29, 1.82) is 0 Å². The first-order valence-electron chi connectivity index (χ1n) is 11.3. The van der Waals surface area contributed by atoms with E-state index in [-0.39, 0.29) is 34.6 Å². The lowest BCUT2D eigenvalue weighted by Gasteiger charge is -2.06. The van der Waals surface area contributed by atoms with Crippen molar-refractivity contribution in [3.63, 3.8) is 0 Å². The second-order valence-electron chi connectivity index (χ2n) is 7.70. The van der Waals surface area contributed by atoms with Crippen molar-refractivity contribution in [2.75, 3.05) is 13.7 Å². The Kier molecular flexibility index (Phi) is 13.4. The lowest BCUT2D eigenvalue weighted by atomic mass is 10.1. The summed E-state index contributed by atoms with van der Waals surface area (Å²) >= 11 is 0. The molecule has 0 saturated heterocycles. The summed E-state index contributed by atoms with van der Waals surface area (Å²) in [6.45, 7) is 16.4. The fourth-order valence-electron chi connectivity index (χ4n) is 2.37. The van der Waals surface area contributed by atoms with Gasteiger partial charge in [0.15, 0.2) is 11.6 Å². The summed E-state index contributed by atoms with van der Waals surface area (Å²) in [7, 11) is 1.41. The van der Waals surface area contributed by atoms with Crippen LogP contribution in [0.15, 0.2) is 122 Å². The van der Waals surface area contributed by atoms with Gasteiger partial charge in [0, 0.05) is 24.3 Å². The van der Waals surface area contributed by atoms with Gasteiger partial charge in [-0.1, -0.05) is 32.9 Å². The van der Waals surface area contributed by atoms with Gasteiger partial charge in [-0.2, -0.15) is 4.39 Å². The van der Waals surface area contributed by atoms with E-state index in [1.165, 1.54) is 31.4 Å². The SMILES string of the molecule is C=C(/C=C\C(=O)OC(=O)C(=C)/C=C\C(=O)C(=C)/C=C\C(=O)c1ccc(OC(=O)C(=C)COC)cc1)OC(=O)C(=C)F. The molecule has 0 radical (unpaired) electrons. The van der Waals surface area contributed by atoms with Crippen molar-refractivity contribution in [2.24, 2.45) is 0 Å². The predicted molar refractivity (Wildman–Crippen MR) is 145 cm³/mol. The second kappa shape index (κ2) is 16.4. The summed E-state index contributed by atoms with van der Waals surface area (Å²) in [6.07, 6.45) is 5.68. The molecule has 1 aromatic rings. The van der Waals surface area contributed by atoms with E-state index in [4.69, 9.17) is 9.47 Å². The molecule has 0 unspecified atom stereocenters. The Hall–Kier alpha value is -5.55. The van der Waals surface area contributed by atoms with Gasteiger partial charge in [-0.25, -0.2) is 19.2 Å². The van der Waals surface area contributed by atoms with E-state index < -0.39 is 47.0 Å². The molecule has 212 valence electrons. The molecule has 41 heavy (non-hydrogen) atoms. The molecule has 0 spiro atoms. The predicted octanol–water partition coefficient (Wildman–Crippen LogP) is 3.94. The highest BCUT2D eigenvalue weighted by atomic mass is 19.1. The van der Waals surface area contributed by atoms with Crippen molar-refractivity contribution in [2.45, 2.75) is 0 Å². The van der Waals surface area contributed by atoms with Gasteiger partial charge in [-0.15, -0.1) is 0 Å².